The molecule has 3 unspecified atom stereocenters. The van der Waals surface area contributed by atoms with Gasteiger partial charge in [0.15, 0.2) is 18.2 Å². The molecule has 0 aliphatic carbocycles. The molecule has 5 aromatic rings. The van der Waals surface area contributed by atoms with Crippen molar-refractivity contribution in [3.05, 3.63) is 213 Å². The summed E-state index contributed by atoms with van der Waals surface area (Å²) in [5, 5.41) is 16.0. The van der Waals surface area contributed by atoms with Crippen LogP contribution in [-0.2, 0) is 65.7 Å². The third-order valence-corrected chi connectivity index (χ3v) is 42.6. The first-order valence-corrected chi connectivity index (χ1v) is 50.5. The molecule has 19 heteroatoms. The first-order chi connectivity index (χ1) is 54.4. The van der Waals surface area contributed by atoms with Gasteiger partial charge < -0.3 is 61.0 Å². The van der Waals surface area contributed by atoms with E-state index in [2.05, 4.69) is 223 Å². The maximum Gasteiger partial charge on any atom is 0.261 e. The summed E-state index contributed by atoms with van der Waals surface area (Å²) < 4.78 is 121. The Morgan fingerprint density at radius 1 is 0.588 bits per heavy atom. The third-order valence-electron chi connectivity index (χ3n) is 25.6. The van der Waals surface area contributed by atoms with Crippen LogP contribution in [-0.4, -0.2) is 180 Å². The Morgan fingerprint density at radius 2 is 1.12 bits per heavy atom. The summed E-state index contributed by atoms with van der Waals surface area (Å²) in [6, 6.07) is 54.4. The van der Waals surface area contributed by atoms with E-state index in [0.717, 1.165) is 69.3 Å². The highest BCUT2D eigenvalue weighted by molar-refractivity contribution is 7.92. The minimum Gasteiger partial charge on any atom is -0.410 e. The fraction of sp³-hybridized carbons (Fsp3) is 0.579. The fourth-order valence-corrected chi connectivity index (χ4v) is 34.0. The van der Waals surface area contributed by atoms with Gasteiger partial charge in [-0.15, -0.1) is 13.2 Å². The highest BCUT2D eigenvalue weighted by Crippen LogP contribution is 2.51. The first kappa shape index (κ1) is 89.7. The van der Waals surface area contributed by atoms with Crippen molar-refractivity contribution in [2.45, 2.75) is 321 Å². The van der Waals surface area contributed by atoms with Crippen molar-refractivity contribution in [2.75, 3.05) is 20.3 Å². The minimum atomic E-state index is -4.45. The van der Waals surface area contributed by atoms with Crippen LogP contribution >= 0.6 is 0 Å². The van der Waals surface area contributed by atoms with Gasteiger partial charge in [0, 0.05) is 45.1 Å². The molecule has 0 radical (unpaired) electrons. The Labute approximate surface area is 687 Å². The summed E-state index contributed by atoms with van der Waals surface area (Å²) in [6.07, 6.45) is 2.46. The molecule has 1 N–H and O–H groups in total. The molecule has 114 heavy (non-hydrogen) atoms. The molecule has 11 rings (SSSR count). The molecule has 6 aliphatic heterocycles. The summed E-state index contributed by atoms with van der Waals surface area (Å²) in [7, 11) is -12.0. The lowest BCUT2D eigenvalue weighted by Crippen LogP contribution is -2.73. The van der Waals surface area contributed by atoms with Gasteiger partial charge in [-0.1, -0.05) is 253 Å². The van der Waals surface area contributed by atoms with E-state index in [1.807, 2.05) is 39.0 Å². The standard InChI is InChI=1S/C95H136O15SSi3/c1-20-57-100-58-41-42-70-60-66(8)79(101-70)55-53-71-59-65(7)67(9)81(102-71)64-82-85(86(99-19)83(104-82)62-68(21-2)107-93(10,11)12)92(111(97,98)73-43-31-26-32-44-73)78(96)61-72-54-56-80-87(103-72)91(110-114(95(16,17)18,76-49-37-29-38-50-76)77-51-39-30-40-52-77)90-89(105-80)88(84(106-90)63-69(22-3)108-112(23-4,24-5)25-6)109-113(94(13,14)15,74-45-33-27-34-46-74)75-47-35-28-36-48-75/h20,22,26-52,65,68-72,78-92,96H,1,3,8-9,21,23-25,53-64H2,2,4-7,10-19H3/b42-41+/t65-,68-,69?,70+,71+,72-,78?,79+,80+,81-,82+,83-,84-,85+,86+,87+,88+,89+,90-,91+,92?/m1/s1. The van der Waals surface area contributed by atoms with Crippen LogP contribution < -0.4 is 20.7 Å². The SMILES string of the molecule is C=CCOC/C=C/[C@H]1CC(=C)[C@H](CC[C@H]2C[C@@H](C)C(=C)[C@@H](C[C@@H]3O[C@H](C[C@@H](CC)OC(C)(C)C)[C@H](OC)[C@H]3C(C(O)C[C@H]3CC[C@@H]4O[C@@H]5[C@@H](O[C@H](CC(C=C)O[Si](CC)(CC)CC)[C@@H]5O[Si](c5ccccc5)(c5ccccc5)C(C)(C)C)[C@@H](O[Si](c5ccccc5)(c5ccccc5)C(C)(C)C)[C@H]4O3)S(=O)(=O)c3ccccc3)O2)O1. The van der Waals surface area contributed by atoms with Gasteiger partial charge in [-0.3, -0.25) is 0 Å². The fourth-order valence-electron chi connectivity index (χ4n) is 19.7. The van der Waals surface area contributed by atoms with Gasteiger partial charge in [0.05, 0.1) is 108 Å². The number of benzene rings is 5. The summed E-state index contributed by atoms with van der Waals surface area (Å²) in [5.74, 6) is -0.854. The molecule has 0 saturated carbocycles. The number of methoxy groups -OCH3 is 1. The van der Waals surface area contributed by atoms with E-state index in [4.69, 9.17) is 62.5 Å². The lowest BCUT2D eigenvalue weighted by Gasteiger charge is -2.53. The van der Waals surface area contributed by atoms with E-state index < -0.39 is 141 Å². The van der Waals surface area contributed by atoms with Crippen molar-refractivity contribution >= 4 is 55.5 Å². The molecule has 21 atom stereocenters. The average Bonchev–Trinajstić information content (AvgIpc) is 1.45. The largest absolute Gasteiger partial charge is 0.410 e. The molecule has 0 bridgehead atoms. The van der Waals surface area contributed by atoms with Crippen LogP contribution in [0.5, 0.6) is 0 Å². The van der Waals surface area contributed by atoms with Crippen molar-refractivity contribution in [3.63, 3.8) is 0 Å². The van der Waals surface area contributed by atoms with Crippen LogP contribution in [0.1, 0.15) is 168 Å². The number of hydrogen-bond acceptors (Lipinski definition) is 15. The van der Waals surface area contributed by atoms with E-state index >= 15 is 8.42 Å². The second kappa shape index (κ2) is 38.9. The zero-order valence-electron chi connectivity index (χ0n) is 71.1. The topological polar surface area (TPSA) is 165 Å². The van der Waals surface area contributed by atoms with Crippen LogP contribution in [0.2, 0.25) is 28.2 Å². The molecule has 15 nitrogen and oxygen atoms in total. The highest BCUT2D eigenvalue weighted by atomic mass is 32.2. The Bertz CT molecular complexity index is 3930. The van der Waals surface area contributed by atoms with Gasteiger partial charge in [0.25, 0.3) is 16.6 Å². The highest BCUT2D eigenvalue weighted by Gasteiger charge is 2.66. The van der Waals surface area contributed by atoms with Crippen LogP contribution in [0.15, 0.2) is 218 Å². The maximum atomic E-state index is 16.5. The van der Waals surface area contributed by atoms with Crippen LogP contribution in [0.3, 0.4) is 0 Å². The lowest BCUT2D eigenvalue weighted by molar-refractivity contribution is -0.257. The van der Waals surface area contributed by atoms with Crippen LogP contribution in [0, 0.1) is 11.8 Å². The Kier molecular flexibility index (Phi) is 30.6. The van der Waals surface area contributed by atoms with E-state index in [9.17, 15) is 5.11 Å². The molecule has 0 amide bonds. The Hall–Kier alpha value is -5.12. The molecule has 6 fully saturated rings. The zero-order valence-corrected chi connectivity index (χ0v) is 74.9. The van der Waals surface area contributed by atoms with Gasteiger partial charge in [-0.25, -0.2) is 8.42 Å². The first-order valence-electron chi connectivity index (χ1n) is 42.6. The smallest absolute Gasteiger partial charge is 0.261 e. The molecule has 6 saturated heterocycles. The van der Waals surface area contributed by atoms with Crippen LogP contribution in [0.4, 0.5) is 0 Å². The molecular weight excluding hydrogens is 1500 g/mol. The molecule has 0 aromatic heterocycles. The number of sulfone groups is 1. The molecule has 624 valence electrons. The lowest BCUT2D eigenvalue weighted by atomic mass is 9.80. The average molecular weight is 1630 g/mol. The van der Waals surface area contributed by atoms with E-state index in [1.54, 1.807) is 37.5 Å². The second-order valence-electron chi connectivity index (χ2n) is 36.1. The normalized spacial score (nSPS) is 29.1. The number of hydrogen-bond donors (Lipinski definition) is 1. The number of ether oxygens (including phenoxy) is 9. The maximum absolute atomic E-state index is 16.5. The van der Waals surface area contributed by atoms with Crippen molar-refractivity contribution in [1.82, 2.24) is 0 Å². The van der Waals surface area contributed by atoms with E-state index in [0.29, 0.717) is 51.7 Å². The van der Waals surface area contributed by atoms with Crippen molar-refractivity contribution < 1.29 is 69.4 Å². The predicted octanol–water partition coefficient (Wildman–Crippen LogP) is 16.9. The van der Waals surface area contributed by atoms with Crippen molar-refractivity contribution in [3.8, 4) is 0 Å². The zero-order chi connectivity index (χ0) is 82.0. The van der Waals surface area contributed by atoms with Gasteiger partial charge >= 0.3 is 0 Å². The monoisotopic (exact) mass is 1630 g/mol. The summed E-state index contributed by atoms with van der Waals surface area (Å²) in [6.45, 7) is 49.4. The number of rotatable bonds is 37. The summed E-state index contributed by atoms with van der Waals surface area (Å²) in [5.41, 5.74) is 1.48. The molecule has 6 heterocycles. The van der Waals surface area contributed by atoms with Crippen LogP contribution in [0.25, 0.3) is 0 Å². The van der Waals surface area contributed by atoms with Gasteiger partial charge in [0.1, 0.15) is 30.5 Å². The predicted molar refractivity (Wildman–Crippen MR) is 466 cm³/mol. The Morgan fingerprint density at radius 3 is 1.63 bits per heavy atom. The third kappa shape index (κ3) is 20.0. The number of fused-ring (bicyclic) bond motifs is 2. The number of aliphatic hydroxyl groups excluding tert-OH is 1. The van der Waals surface area contributed by atoms with Gasteiger partial charge in [-0.2, -0.15) is 0 Å². The quantitative estimate of drug-likeness (QED) is 0.0227. The molecule has 6 aliphatic rings. The van der Waals surface area contributed by atoms with Crippen molar-refractivity contribution in [2.24, 2.45) is 11.8 Å². The number of aliphatic hydroxyl groups is 1. The van der Waals surface area contributed by atoms with Gasteiger partial charge in [-0.05, 0) is 137 Å². The van der Waals surface area contributed by atoms with Gasteiger partial charge in [0.2, 0.25) is 0 Å². The minimum absolute atomic E-state index is 0.0611. The summed E-state index contributed by atoms with van der Waals surface area (Å²) in [4.78, 5) is 0.0872. The van der Waals surface area contributed by atoms with E-state index in [1.165, 1.54) is 0 Å². The second-order valence-corrected chi connectivity index (χ2v) is 51.4. The Balaban J connectivity index is 1.000. The molecule has 0 spiro atoms. The molecular formula is C95H136O15SSi3. The molecule has 5 aromatic carbocycles. The van der Waals surface area contributed by atoms with Crippen molar-refractivity contribution in [1.29, 1.82) is 0 Å². The summed E-state index contributed by atoms with van der Waals surface area (Å²) >= 11 is 0. The van der Waals surface area contributed by atoms with E-state index in [-0.39, 0.29) is 54.2 Å².